The van der Waals surface area contributed by atoms with E-state index in [1.807, 2.05) is 0 Å². The number of aromatic amines is 2. The average Bonchev–Trinajstić information content (AvgIpc) is 3.54. The molecule has 0 aliphatic carbocycles. The molecule has 0 fully saturated rings. The molecule has 0 bridgehead atoms. The number of rotatable bonds is 3. The molecule has 0 atom stereocenters. The van der Waals surface area contributed by atoms with Gasteiger partial charge in [-0.25, -0.2) is 9.97 Å². The Morgan fingerprint density at radius 3 is 2.03 bits per heavy atom. The van der Waals surface area contributed by atoms with Gasteiger partial charge in [-0.3, -0.25) is 9.97 Å². The minimum atomic E-state index is 0.300. The molecule has 0 aliphatic rings. The Balaban J connectivity index is 1.45. The molecule has 0 spiro atoms. The van der Waals surface area contributed by atoms with Gasteiger partial charge in [0.25, 0.3) is 0 Å². The number of benzene rings is 4. The second-order valence-electron chi connectivity index (χ2n) is 10.2. The standard InChI is InChI=1S/C30H26N6/c1-15(2)29-33-23-10-7-19-13-17(5-8-20(19)24(23)34-29)18-6-9-21-22(14-18)25-27(32-12-11-31-25)28-26(21)35-30(36-28)16(3)4/h5-16H,1-4H3,(H,33,34)(H,35,36). The normalized spacial score (nSPS) is 12.4. The average molecular weight is 471 g/mol. The first-order chi connectivity index (χ1) is 17.5. The fraction of sp³-hybridized carbons (Fsp3) is 0.200. The van der Waals surface area contributed by atoms with Gasteiger partial charge in [0, 0.05) is 40.4 Å². The Labute approximate surface area is 207 Å². The number of hydrogen-bond acceptors (Lipinski definition) is 4. The number of hydrogen-bond donors (Lipinski definition) is 2. The zero-order valence-electron chi connectivity index (χ0n) is 20.7. The molecule has 6 nitrogen and oxygen atoms in total. The van der Waals surface area contributed by atoms with Gasteiger partial charge >= 0.3 is 0 Å². The highest BCUT2D eigenvalue weighted by molar-refractivity contribution is 6.21. The maximum Gasteiger partial charge on any atom is 0.117 e. The molecular weight excluding hydrogens is 444 g/mol. The van der Waals surface area contributed by atoms with Crippen molar-refractivity contribution in [3.63, 3.8) is 0 Å². The van der Waals surface area contributed by atoms with E-state index < -0.39 is 0 Å². The van der Waals surface area contributed by atoms with Crippen molar-refractivity contribution in [3.8, 4) is 11.1 Å². The van der Waals surface area contributed by atoms with Crippen LogP contribution in [0.15, 0.2) is 60.9 Å². The van der Waals surface area contributed by atoms with Gasteiger partial charge in [-0.1, -0.05) is 58.0 Å². The lowest BCUT2D eigenvalue weighted by Gasteiger charge is -2.09. The first-order valence-electron chi connectivity index (χ1n) is 12.5. The van der Waals surface area contributed by atoms with Crippen molar-refractivity contribution in [1.82, 2.24) is 29.9 Å². The van der Waals surface area contributed by atoms with Gasteiger partial charge in [0.05, 0.1) is 22.1 Å². The first kappa shape index (κ1) is 21.0. The molecule has 0 unspecified atom stereocenters. The molecule has 36 heavy (non-hydrogen) atoms. The number of aromatic nitrogens is 6. The number of imidazole rings is 2. The van der Waals surface area contributed by atoms with Crippen LogP contribution in [0.4, 0.5) is 0 Å². The largest absolute Gasteiger partial charge is 0.341 e. The summed E-state index contributed by atoms with van der Waals surface area (Å²) in [7, 11) is 0. The van der Waals surface area contributed by atoms with Crippen LogP contribution in [0.5, 0.6) is 0 Å². The van der Waals surface area contributed by atoms with Crippen LogP contribution in [-0.2, 0) is 0 Å². The van der Waals surface area contributed by atoms with Crippen LogP contribution in [0, 0.1) is 0 Å². The first-order valence-corrected chi connectivity index (χ1v) is 12.5. The third kappa shape index (κ3) is 3.04. The fourth-order valence-corrected chi connectivity index (χ4v) is 5.16. The molecule has 7 aromatic rings. The van der Waals surface area contributed by atoms with Crippen molar-refractivity contribution in [2.45, 2.75) is 39.5 Å². The lowest BCUT2D eigenvalue weighted by molar-refractivity contribution is 0.799. The van der Waals surface area contributed by atoms with E-state index in [0.717, 1.165) is 66.6 Å². The summed E-state index contributed by atoms with van der Waals surface area (Å²) >= 11 is 0. The molecule has 4 aromatic carbocycles. The van der Waals surface area contributed by atoms with E-state index in [1.54, 1.807) is 12.4 Å². The van der Waals surface area contributed by atoms with E-state index in [4.69, 9.17) is 15.0 Å². The molecule has 0 aliphatic heterocycles. The number of nitrogens with one attached hydrogen (secondary N) is 2. The molecule has 0 amide bonds. The highest BCUT2D eigenvalue weighted by Gasteiger charge is 2.17. The molecule has 7 rings (SSSR count). The quantitative estimate of drug-likeness (QED) is 0.260. The van der Waals surface area contributed by atoms with Gasteiger partial charge in [-0.15, -0.1) is 0 Å². The van der Waals surface area contributed by atoms with Crippen molar-refractivity contribution in [3.05, 3.63) is 72.6 Å². The summed E-state index contributed by atoms with van der Waals surface area (Å²) in [5.41, 5.74) is 8.05. The van der Waals surface area contributed by atoms with Crippen LogP contribution in [0.25, 0.3) is 65.8 Å². The maximum atomic E-state index is 4.88. The molecular formula is C30H26N6. The number of fused-ring (bicyclic) bond motifs is 9. The molecule has 3 heterocycles. The third-order valence-electron chi connectivity index (χ3n) is 7.11. The van der Waals surface area contributed by atoms with Crippen molar-refractivity contribution in [2.24, 2.45) is 0 Å². The van der Waals surface area contributed by atoms with Gasteiger partial charge in [-0.05, 0) is 34.7 Å². The zero-order valence-corrected chi connectivity index (χ0v) is 20.7. The summed E-state index contributed by atoms with van der Waals surface area (Å²) in [5.74, 6) is 2.65. The van der Waals surface area contributed by atoms with Crippen molar-refractivity contribution >= 4 is 54.6 Å². The molecule has 6 heteroatoms. The Hall–Kier alpha value is -4.32. The predicted molar refractivity (Wildman–Crippen MR) is 147 cm³/mol. The lowest BCUT2D eigenvalue weighted by Crippen LogP contribution is -1.89. The number of H-pyrrole nitrogens is 2. The second-order valence-corrected chi connectivity index (χ2v) is 10.2. The third-order valence-corrected chi connectivity index (χ3v) is 7.11. The predicted octanol–water partition coefficient (Wildman–Crippen LogP) is 7.60. The van der Waals surface area contributed by atoms with Crippen LogP contribution in [0.3, 0.4) is 0 Å². The highest BCUT2D eigenvalue weighted by Crippen LogP contribution is 2.36. The Kier molecular flexibility index (Phi) is 4.43. The Bertz CT molecular complexity index is 1960. The van der Waals surface area contributed by atoms with E-state index >= 15 is 0 Å². The van der Waals surface area contributed by atoms with Crippen molar-refractivity contribution < 1.29 is 0 Å². The van der Waals surface area contributed by atoms with Gasteiger partial charge in [0.2, 0.25) is 0 Å². The summed E-state index contributed by atoms with van der Waals surface area (Å²) in [6.45, 7) is 8.61. The molecule has 2 N–H and O–H groups in total. The maximum absolute atomic E-state index is 4.88. The fourth-order valence-electron chi connectivity index (χ4n) is 5.16. The minimum Gasteiger partial charge on any atom is -0.341 e. The summed E-state index contributed by atoms with van der Waals surface area (Å²) in [6.07, 6.45) is 3.50. The number of nitrogens with zero attached hydrogens (tertiary/aromatic N) is 4. The SMILES string of the molecule is CC(C)c1nc2ccc3cc(-c4ccc5c(c4)c4nccnc4c4nc(C(C)C)[nH]c54)ccc3c2[nH]1. The second kappa shape index (κ2) is 7.59. The van der Waals surface area contributed by atoms with Gasteiger partial charge < -0.3 is 9.97 Å². The van der Waals surface area contributed by atoms with Gasteiger partial charge in [0.1, 0.15) is 22.7 Å². The smallest absolute Gasteiger partial charge is 0.117 e. The highest BCUT2D eigenvalue weighted by atomic mass is 14.9. The topological polar surface area (TPSA) is 83.1 Å². The van der Waals surface area contributed by atoms with Crippen molar-refractivity contribution in [1.29, 1.82) is 0 Å². The Morgan fingerprint density at radius 1 is 0.583 bits per heavy atom. The van der Waals surface area contributed by atoms with Gasteiger partial charge in [0.15, 0.2) is 0 Å². The van der Waals surface area contributed by atoms with E-state index in [9.17, 15) is 0 Å². The van der Waals surface area contributed by atoms with Crippen LogP contribution >= 0.6 is 0 Å². The monoisotopic (exact) mass is 470 g/mol. The summed E-state index contributed by atoms with van der Waals surface area (Å²) < 4.78 is 0. The molecule has 0 radical (unpaired) electrons. The zero-order chi connectivity index (χ0) is 24.6. The van der Waals surface area contributed by atoms with Crippen molar-refractivity contribution in [2.75, 3.05) is 0 Å². The molecule has 176 valence electrons. The molecule has 3 aromatic heterocycles. The van der Waals surface area contributed by atoms with E-state index in [1.165, 1.54) is 10.8 Å². The summed E-state index contributed by atoms with van der Waals surface area (Å²) in [6, 6.07) is 17.5. The van der Waals surface area contributed by atoms with E-state index in [0.29, 0.717) is 11.8 Å². The summed E-state index contributed by atoms with van der Waals surface area (Å²) in [4.78, 5) is 26.1. The van der Waals surface area contributed by atoms with E-state index in [2.05, 4.69) is 91.2 Å². The Morgan fingerprint density at radius 2 is 1.25 bits per heavy atom. The molecule has 0 saturated carbocycles. The van der Waals surface area contributed by atoms with Crippen LogP contribution < -0.4 is 0 Å². The summed E-state index contributed by atoms with van der Waals surface area (Å²) in [5, 5.41) is 4.57. The van der Waals surface area contributed by atoms with E-state index in [-0.39, 0.29) is 0 Å². The minimum absolute atomic E-state index is 0.300. The van der Waals surface area contributed by atoms with Crippen LogP contribution in [0.2, 0.25) is 0 Å². The molecule has 0 saturated heterocycles. The van der Waals surface area contributed by atoms with Crippen LogP contribution in [0.1, 0.15) is 51.2 Å². The van der Waals surface area contributed by atoms with Gasteiger partial charge in [-0.2, -0.15) is 0 Å². The van der Waals surface area contributed by atoms with Crippen LogP contribution in [-0.4, -0.2) is 29.9 Å². The lowest BCUT2D eigenvalue weighted by atomic mass is 9.97.